The van der Waals surface area contributed by atoms with Gasteiger partial charge < -0.3 is 10.1 Å². The van der Waals surface area contributed by atoms with Gasteiger partial charge in [0.25, 0.3) is 0 Å². The average Bonchev–Trinajstić information content (AvgIpc) is 2.89. The second-order valence-electron chi connectivity index (χ2n) is 5.16. The van der Waals surface area contributed by atoms with Crippen molar-refractivity contribution in [1.82, 2.24) is 0 Å². The molecule has 108 valence electrons. The summed E-state index contributed by atoms with van der Waals surface area (Å²) in [5.41, 5.74) is 2.28. The zero-order valence-corrected chi connectivity index (χ0v) is 13.3. The second kappa shape index (κ2) is 5.53. The molecule has 0 radical (unpaired) electrons. The van der Waals surface area contributed by atoms with Crippen molar-refractivity contribution in [3.05, 3.63) is 64.1 Å². The van der Waals surface area contributed by atoms with Crippen LogP contribution in [0.25, 0.3) is 0 Å². The molecule has 2 aromatic carbocycles. The average molecular weight is 346 g/mol. The van der Waals surface area contributed by atoms with Gasteiger partial charge in [0.15, 0.2) is 5.54 Å². The van der Waals surface area contributed by atoms with E-state index in [-0.39, 0.29) is 5.97 Å². The van der Waals surface area contributed by atoms with E-state index < -0.39 is 5.54 Å². The van der Waals surface area contributed by atoms with Crippen LogP contribution in [-0.4, -0.2) is 13.1 Å². The summed E-state index contributed by atoms with van der Waals surface area (Å²) in [7, 11) is 1.44. The maximum Gasteiger partial charge on any atom is 0.336 e. The molecule has 0 saturated carbocycles. The Bertz CT molecular complexity index is 686. The highest BCUT2D eigenvalue weighted by Gasteiger charge is 2.46. The molecule has 3 rings (SSSR count). The minimum atomic E-state index is -0.810. The van der Waals surface area contributed by atoms with Gasteiger partial charge >= 0.3 is 5.97 Å². The van der Waals surface area contributed by atoms with Crippen molar-refractivity contribution in [2.75, 3.05) is 12.4 Å². The summed E-state index contributed by atoms with van der Waals surface area (Å²) in [5.74, 6) is -0.247. The number of anilines is 1. The third kappa shape index (κ3) is 2.33. The number of rotatable bonds is 3. The van der Waals surface area contributed by atoms with Crippen LogP contribution in [0.15, 0.2) is 53.0 Å². The van der Waals surface area contributed by atoms with Gasteiger partial charge in [0.2, 0.25) is 0 Å². The van der Waals surface area contributed by atoms with Crippen LogP contribution in [-0.2, 0) is 21.5 Å². The molecule has 0 heterocycles. The van der Waals surface area contributed by atoms with E-state index in [9.17, 15) is 4.79 Å². The smallest absolute Gasteiger partial charge is 0.336 e. The number of hydrogen-bond acceptors (Lipinski definition) is 3. The number of ether oxygens (including phenoxy) is 1. The number of hydrogen-bond donors (Lipinski definition) is 1. The van der Waals surface area contributed by atoms with Gasteiger partial charge in [-0.3, -0.25) is 0 Å². The molecule has 0 saturated heterocycles. The van der Waals surface area contributed by atoms with Crippen LogP contribution in [0.3, 0.4) is 0 Å². The van der Waals surface area contributed by atoms with Crippen molar-refractivity contribution in [1.29, 1.82) is 0 Å². The Morgan fingerprint density at radius 1 is 1.19 bits per heavy atom. The molecular formula is C17H16BrNO2. The van der Waals surface area contributed by atoms with Crippen LogP contribution in [0.5, 0.6) is 0 Å². The van der Waals surface area contributed by atoms with Crippen LogP contribution in [0.1, 0.15) is 17.5 Å². The van der Waals surface area contributed by atoms with Crippen molar-refractivity contribution in [3.63, 3.8) is 0 Å². The first-order valence-corrected chi connectivity index (χ1v) is 7.66. The van der Waals surface area contributed by atoms with Gasteiger partial charge in [-0.1, -0.05) is 36.4 Å². The van der Waals surface area contributed by atoms with Gasteiger partial charge in [-0.2, -0.15) is 0 Å². The lowest BCUT2D eigenvalue weighted by molar-refractivity contribution is -0.146. The van der Waals surface area contributed by atoms with Crippen LogP contribution in [0.4, 0.5) is 5.69 Å². The van der Waals surface area contributed by atoms with Crippen molar-refractivity contribution in [2.45, 2.75) is 18.4 Å². The summed E-state index contributed by atoms with van der Waals surface area (Å²) in [6.07, 6.45) is 1.56. The highest BCUT2D eigenvalue weighted by atomic mass is 79.9. The van der Waals surface area contributed by atoms with E-state index in [1.807, 2.05) is 42.5 Å². The molecule has 0 spiro atoms. The van der Waals surface area contributed by atoms with E-state index in [0.717, 1.165) is 22.1 Å². The quantitative estimate of drug-likeness (QED) is 0.858. The van der Waals surface area contributed by atoms with Crippen LogP contribution < -0.4 is 5.32 Å². The van der Waals surface area contributed by atoms with Gasteiger partial charge in [-0.25, -0.2) is 4.79 Å². The lowest BCUT2D eigenvalue weighted by atomic mass is 9.91. The number of benzene rings is 2. The third-order valence-corrected chi connectivity index (χ3v) is 4.69. The molecule has 2 aromatic rings. The van der Waals surface area contributed by atoms with Gasteiger partial charge in [-0.15, -0.1) is 0 Å². The molecule has 0 amide bonds. The van der Waals surface area contributed by atoms with Crippen molar-refractivity contribution in [2.24, 2.45) is 0 Å². The Kier molecular flexibility index (Phi) is 3.72. The van der Waals surface area contributed by atoms with E-state index in [4.69, 9.17) is 4.74 Å². The summed E-state index contributed by atoms with van der Waals surface area (Å²) in [6, 6.07) is 15.8. The zero-order chi connectivity index (χ0) is 14.9. The standard InChI is InChI=1S/C17H16BrNO2/c1-21-16(20)17(19-15-9-5-4-8-14(15)18)11-10-12-6-2-3-7-13(12)17/h2-9,19H,10-11H2,1H3. The molecule has 3 nitrogen and oxygen atoms in total. The maximum absolute atomic E-state index is 12.5. The van der Waals surface area contributed by atoms with Crippen LogP contribution in [0.2, 0.25) is 0 Å². The van der Waals surface area contributed by atoms with Gasteiger partial charge in [0.1, 0.15) is 0 Å². The van der Waals surface area contributed by atoms with E-state index in [1.54, 1.807) is 0 Å². The predicted octanol–water partition coefficient (Wildman–Crippen LogP) is 3.88. The molecule has 0 fully saturated rings. The fourth-order valence-corrected chi connectivity index (χ4v) is 3.35. The number of halogens is 1. The first-order valence-electron chi connectivity index (χ1n) is 6.87. The van der Waals surface area contributed by atoms with Crippen molar-refractivity contribution < 1.29 is 9.53 Å². The van der Waals surface area contributed by atoms with Gasteiger partial charge in [0, 0.05) is 10.2 Å². The first-order chi connectivity index (χ1) is 10.2. The molecular weight excluding hydrogens is 330 g/mol. The maximum atomic E-state index is 12.5. The van der Waals surface area contributed by atoms with Gasteiger partial charge in [-0.05, 0) is 52.0 Å². The highest BCUT2D eigenvalue weighted by molar-refractivity contribution is 9.10. The number of aryl methyl sites for hydroxylation is 1. The fourth-order valence-electron chi connectivity index (χ4n) is 2.97. The molecule has 4 heteroatoms. The van der Waals surface area contributed by atoms with Gasteiger partial charge in [0.05, 0.1) is 7.11 Å². The number of nitrogens with one attached hydrogen (secondary N) is 1. The summed E-state index contributed by atoms with van der Waals surface area (Å²) in [4.78, 5) is 12.5. The molecule has 0 bridgehead atoms. The number of esters is 1. The molecule has 1 unspecified atom stereocenters. The van der Waals surface area contributed by atoms with Crippen LogP contribution >= 0.6 is 15.9 Å². The number of para-hydroxylation sites is 1. The Morgan fingerprint density at radius 2 is 1.90 bits per heavy atom. The Labute approximate surface area is 132 Å². The van der Waals surface area contributed by atoms with Crippen LogP contribution in [0, 0.1) is 0 Å². The molecule has 0 aromatic heterocycles. The molecule has 21 heavy (non-hydrogen) atoms. The normalized spacial score (nSPS) is 19.9. The van der Waals surface area contributed by atoms with Crippen molar-refractivity contribution in [3.8, 4) is 0 Å². The fraction of sp³-hybridized carbons (Fsp3) is 0.235. The monoisotopic (exact) mass is 345 g/mol. The largest absolute Gasteiger partial charge is 0.467 e. The lowest BCUT2D eigenvalue weighted by Gasteiger charge is -2.30. The Hall–Kier alpha value is -1.81. The number of carbonyl (C=O) groups is 1. The summed E-state index contributed by atoms with van der Waals surface area (Å²) < 4.78 is 6.02. The molecule has 1 aliphatic carbocycles. The van der Waals surface area contributed by atoms with E-state index >= 15 is 0 Å². The number of methoxy groups -OCH3 is 1. The van der Waals surface area contributed by atoms with E-state index in [2.05, 4.69) is 27.3 Å². The second-order valence-corrected chi connectivity index (χ2v) is 6.01. The lowest BCUT2D eigenvalue weighted by Crippen LogP contribution is -2.42. The number of carbonyl (C=O) groups excluding carboxylic acids is 1. The molecule has 1 aliphatic rings. The van der Waals surface area contributed by atoms with E-state index in [0.29, 0.717) is 6.42 Å². The molecule has 1 atom stereocenters. The Balaban J connectivity index is 2.08. The first kappa shape index (κ1) is 14.1. The summed E-state index contributed by atoms with van der Waals surface area (Å²) >= 11 is 3.52. The molecule has 1 N–H and O–H groups in total. The topological polar surface area (TPSA) is 38.3 Å². The third-order valence-electron chi connectivity index (χ3n) is 4.00. The summed E-state index contributed by atoms with van der Waals surface area (Å²) in [5, 5.41) is 3.41. The predicted molar refractivity (Wildman–Crippen MR) is 86.2 cm³/mol. The SMILES string of the molecule is COC(=O)C1(Nc2ccccc2Br)CCc2ccccc21. The minimum absolute atomic E-state index is 0.247. The molecule has 0 aliphatic heterocycles. The minimum Gasteiger partial charge on any atom is -0.467 e. The van der Waals surface area contributed by atoms with E-state index in [1.165, 1.54) is 12.7 Å². The van der Waals surface area contributed by atoms with Crippen molar-refractivity contribution >= 4 is 27.6 Å². The highest BCUT2D eigenvalue weighted by Crippen LogP contribution is 2.41. The zero-order valence-electron chi connectivity index (χ0n) is 11.7. The number of fused-ring (bicyclic) bond motifs is 1. The summed E-state index contributed by atoms with van der Waals surface area (Å²) in [6.45, 7) is 0. The Morgan fingerprint density at radius 3 is 2.67 bits per heavy atom.